The standard InChI is InChI=1S/C13H14N2O/c1-9-7-10(14)8-15-13(9)11-5-3-4-6-12(11)16-2/h3-8H,14H2,1-2H3. The summed E-state index contributed by atoms with van der Waals surface area (Å²) < 4.78 is 5.31. The molecular formula is C13H14N2O. The van der Waals surface area contributed by atoms with Gasteiger partial charge in [0.25, 0.3) is 0 Å². The number of nitrogens with two attached hydrogens (primary N) is 1. The number of nitrogens with zero attached hydrogens (tertiary/aromatic N) is 1. The Bertz CT molecular complexity index is 509. The lowest BCUT2D eigenvalue weighted by atomic mass is 10.1. The molecule has 3 heteroatoms. The Kier molecular flexibility index (Phi) is 2.77. The van der Waals surface area contributed by atoms with Crippen LogP contribution >= 0.6 is 0 Å². The zero-order valence-corrected chi connectivity index (χ0v) is 9.40. The van der Waals surface area contributed by atoms with E-state index >= 15 is 0 Å². The van der Waals surface area contributed by atoms with Crippen molar-refractivity contribution in [1.82, 2.24) is 4.98 Å². The Morgan fingerprint density at radius 3 is 2.69 bits per heavy atom. The molecule has 0 aliphatic carbocycles. The number of methoxy groups -OCH3 is 1. The Morgan fingerprint density at radius 2 is 2.00 bits per heavy atom. The van der Waals surface area contributed by atoms with Crippen molar-refractivity contribution < 1.29 is 4.74 Å². The molecule has 3 nitrogen and oxygen atoms in total. The van der Waals surface area contributed by atoms with Crippen LogP contribution in [-0.2, 0) is 0 Å². The summed E-state index contributed by atoms with van der Waals surface area (Å²) in [5.74, 6) is 0.822. The minimum atomic E-state index is 0.677. The number of aryl methyl sites for hydroxylation is 1. The number of hydrogen-bond donors (Lipinski definition) is 1. The number of hydrogen-bond acceptors (Lipinski definition) is 3. The lowest BCUT2D eigenvalue weighted by Gasteiger charge is -2.10. The van der Waals surface area contributed by atoms with Crippen molar-refractivity contribution in [2.75, 3.05) is 12.8 Å². The van der Waals surface area contributed by atoms with Crippen molar-refractivity contribution in [3.05, 3.63) is 42.1 Å². The van der Waals surface area contributed by atoms with E-state index in [9.17, 15) is 0 Å². The van der Waals surface area contributed by atoms with Crippen molar-refractivity contribution in [2.45, 2.75) is 6.92 Å². The maximum atomic E-state index is 5.68. The highest BCUT2D eigenvalue weighted by atomic mass is 16.5. The van der Waals surface area contributed by atoms with E-state index < -0.39 is 0 Å². The number of anilines is 1. The van der Waals surface area contributed by atoms with Gasteiger partial charge in [0, 0.05) is 5.56 Å². The fraction of sp³-hybridized carbons (Fsp3) is 0.154. The molecule has 0 bridgehead atoms. The third kappa shape index (κ3) is 1.84. The van der Waals surface area contributed by atoms with E-state index in [0.29, 0.717) is 5.69 Å². The van der Waals surface area contributed by atoms with Crippen LogP contribution in [-0.4, -0.2) is 12.1 Å². The first-order valence-corrected chi connectivity index (χ1v) is 5.08. The molecule has 82 valence electrons. The fourth-order valence-electron chi connectivity index (χ4n) is 1.72. The van der Waals surface area contributed by atoms with E-state index in [-0.39, 0.29) is 0 Å². The molecule has 2 aromatic rings. The minimum Gasteiger partial charge on any atom is -0.496 e. The molecule has 1 aromatic carbocycles. The van der Waals surface area contributed by atoms with Crippen LogP contribution in [0.2, 0.25) is 0 Å². The van der Waals surface area contributed by atoms with Crippen LogP contribution in [0.4, 0.5) is 5.69 Å². The predicted octanol–water partition coefficient (Wildman–Crippen LogP) is 2.65. The summed E-state index contributed by atoms with van der Waals surface area (Å²) in [5.41, 5.74) is 9.30. The van der Waals surface area contributed by atoms with Crippen LogP contribution < -0.4 is 10.5 Å². The highest BCUT2D eigenvalue weighted by molar-refractivity contribution is 5.70. The Morgan fingerprint density at radius 1 is 1.25 bits per heavy atom. The molecule has 2 N–H and O–H groups in total. The summed E-state index contributed by atoms with van der Waals surface area (Å²) >= 11 is 0. The summed E-state index contributed by atoms with van der Waals surface area (Å²) in [7, 11) is 1.66. The number of nitrogen functional groups attached to an aromatic ring is 1. The number of benzene rings is 1. The second kappa shape index (κ2) is 4.23. The second-order valence-corrected chi connectivity index (χ2v) is 3.63. The quantitative estimate of drug-likeness (QED) is 0.836. The molecule has 0 radical (unpaired) electrons. The van der Waals surface area contributed by atoms with Crippen LogP contribution in [0.3, 0.4) is 0 Å². The van der Waals surface area contributed by atoms with Crippen LogP contribution in [0.25, 0.3) is 11.3 Å². The van der Waals surface area contributed by atoms with Gasteiger partial charge in [-0.25, -0.2) is 0 Å². The van der Waals surface area contributed by atoms with Gasteiger partial charge in [-0.2, -0.15) is 0 Å². The average molecular weight is 214 g/mol. The molecule has 0 amide bonds. The zero-order valence-electron chi connectivity index (χ0n) is 9.40. The highest BCUT2D eigenvalue weighted by Gasteiger charge is 2.08. The van der Waals surface area contributed by atoms with Gasteiger partial charge in [0.1, 0.15) is 5.75 Å². The third-order valence-electron chi connectivity index (χ3n) is 2.46. The Balaban J connectivity index is 2.58. The highest BCUT2D eigenvalue weighted by Crippen LogP contribution is 2.30. The van der Waals surface area contributed by atoms with Crippen molar-refractivity contribution in [1.29, 1.82) is 0 Å². The number of para-hydroxylation sites is 1. The van der Waals surface area contributed by atoms with E-state index in [1.807, 2.05) is 37.3 Å². The van der Waals surface area contributed by atoms with Crippen LogP contribution in [0.5, 0.6) is 5.75 Å². The second-order valence-electron chi connectivity index (χ2n) is 3.63. The van der Waals surface area contributed by atoms with E-state index in [2.05, 4.69) is 4.98 Å². The monoisotopic (exact) mass is 214 g/mol. The smallest absolute Gasteiger partial charge is 0.128 e. The van der Waals surface area contributed by atoms with Gasteiger partial charge in [-0.1, -0.05) is 12.1 Å². The SMILES string of the molecule is COc1ccccc1-c1ncc(N)cc1C. The first kappa shape index (κ1) is 10.5. The molecule has 0 unspecified atom stereocenters. The predicted molar refractivity (Wildman–Crippen MR) is 65.4 cm³/mol. The molecular weight excluding hydrogens is 200 g/mol. The first-order valence-electron chi connectivity index (χ1n) is 5.08. The maximum absolute atomic E-state index is 5.68. The van der Waals surface area contributed by atoms with E-state index in [1.165, 1.54) is 0 Å². The molecule has 0 aliphatic rings. The van der Waals surface area contributed by atoms with Gasteiger partial charge in [0.15, 0.2) is 0 Å². The summed E-state index contributed by atoms with van der Waals surface area (Å²) in [4.78, 5) is 4.35. The molecule has 16 heavy (non-hydrogen) atoms. The number of rotatable bonds is 2. The average Bonchev–Trinajstić information content (AvgIpc) is 2.29. The Labute approximate surface area is 94.9 Å². The van der Waals surface area contributed by atoms with E-state index in [4.69, 9.17) is 10.5 Å². The number of pyridine rings is 1. The van der Waals surface area contributed by atoms with Crippen molar-refractivity contribution in [3.8, 4) is 17.0 Å². The molecule has 0 aliphatic heterocycles. The number of ether oxygens (including phenoxy) is 1. The molecule has 0 spiro atoms. The summed E-state index contributed by atoms with van der Waals surface area (Å²) in [6.45, 7) is 1.99. The largest absolute Gasteiger partial charge is 0.496 e. The maximum Gasteiger partial charge on any atom is 0.128 e. The van der Waals surface area contributed by atoms with Gasteiger partial charge < -0.3 is 10.5 Å². The molecule has 1 heterocycles. The van der Waals surface area contributed by atoms with E-state index in [1.54, 1.807) is 13.3 Å². The third-order valence-corrected chi connectivity index (χ3v) is 2.46. The topological polar surface area (TPSA) is 48.1 Å². The summed E-state index contributed by atoms with van der Waals surface area (Å²) in [6, 6.07) is 9.73. The molecule has 0 saturated heterocycles. The van der Waals surface area contributed by atoms with Gasteiger partial charge in [-0.05, 0) is 30.7 Å². The van der Waals surface area contributed by atoms with Crippen molar-refractivity contribution >= 4 is 5.69 Å². The first-order chi connectivity index (χ1) is 7.72. The molecule has 1 aromatic heterocycles. The van der Waals surface area contributed by atoms with Crippen molar-refractivity contribution in [2.24, 2.45) is 0 Å². The lowest BCUT2D eigenvalue weighted by molar-refractivity contribution is 0.416. The molecule has 0 atom stereocenters. The lowest BCUT2D eigenvalue weighted by Crippen LogP contribution is -1.94. The Hall–Kier alpha value is -2.03. The van der Waals surface area contributed by atoms with Crippen LogP contribution in [0, 0.1) is 6.92 Å². The van der Waals surface area contributed by atoms with Gasteiger partial charge in [-0.15, -0.1) is 0 Å². The van der Waals surface area contributed by atoms with Gasteiger partial charge in [0.2, 0.25) is 0 Å². The van der Waals surface area contributed by atoms with Crippen LogP contribution in [0.15, 0.2) is 36.5 Å². The van der Waals surface area contributed by atoms with Crippen molar-refractivity contribution in [3.63, 3.8) is 0 Å². The van der Waals surface area contributed by atoms with E-state index in [0.717, 1.165) is 22.6 Å². The summed E-state index contributed by atoms with van der Waals surface area (Å²) in [5, 5.41) is 0. The van der Waals surface area contributed by atoms with Gasteiger partial charge >= 0.3 is 0 Å². The molecule has 0 saturated carbocycles. The normalized spacial score (nSPS) is 10.1. The fourth-order valence-corrected chi connectivity index (χ4v) is 1.72. The number of aromatic nitrogens is 1. The summed E-state index contributed by atoms with van der Waals surface area (Å²) in [6.07, 6.45) is 1.66. The van der Waals surface area contributed by atoms with Gasteiger partial charge in [0.05, 0.1) is 24.7 Å². The molecule has 2 rings (SSSR count). The minimum absolute atomic E-state index is 0.677. The zero-order chi connectivity index (χ0) is 11.5. The molecule has 0 fully saturated rings. The van der Waals surface area contributed by atoms with Gasteiger partial charge in [-0.3, -0.25) is 4.98 Å². The van der Waals surface area contributed by atoms with Crippen LogP contribution in [0.1, 0.15) is 5.56 Å².